The lowest BCUT2D eigenvalue weighted by Gasteiger charge is -2.52. The molecule has 2 bridgehead atoms. The lowest BCUT2D eigenvalue weighted by Crippen LogP contribution is -2.65. The van der Waals surface area contributed by atoms with Crippen LogP contribution in [0.15, 0.2) is 18.2 Å². The molecule has 2 aromatic rings. The van der Waals surface area contributed by atoms with Crippen LogP contribution in [0.4, 0.5) is 0 Å². The highest BCUT2D eigenvalue weighted by molar-refractivity contribution is 7.21. The molecule has 134 valence electrons. The SMILES string of the molecule is Cc1ccc2cc(C(=O)N[C@@H]3C4CCN(CC4)C34CC4)sc2c1Cl.Cl. The molecule has 4 aliphatic rings. The van der Waals surface area contributed by atoms with Crippen molar-refractivity contribution >= 4 is 51.3 Å². The summed E-state index contributed by atoms with van der Waals surface area (Å²) >= 11 is 7.93. The molecule has 3 nitrogen and oxygen atoms in total. The third-order valence-corrected chi connectivity index (χ3v) is 8.08. The fraction of sp³-hybridized carbons (Fsp3) is 0.526. The Bertz CT molecular complexity index is 837. The first-order valence-electron chi connectivity index (χ1n) is 8.83. The van der Waals surface area contributed by atoms with Gasteiger partial charge in [0.2, 0.25) is 0 Å². The smallest absolute Gasteiger partial charge is 0.261 e. The number of fused-ring (bicyclic) bond motifs is 3. The van der Waals surface area contributed by atoms with Crippen LogP contribution in [0.2, 0.25) is 5.02 Å². The molecule has 1 saturated carbocycles. The van der Waals surface area contributed by atoms with Crippen molar-refractivity contribution in [3.63, 3.8) is 0 Å². The molecular formula is C19H22Cl2N2OS. The van der Waals surface area contributed by atoms with Crippen molar-refractivity contribution in [2.45, 2.75) is 44.2 Å². The zero-order chi connectivity index (χ0) is 16.5. The van der Waals surface area contributed by atoms with E-state index in [0.717, 1.165) is 25.5 Å². The quantitative estimate of drug-likeness (QED) is 0.801. The van der Waals surface area contributed by atoms with Crippen LogP contribution in [0.25, 0.3) is 10.1 Å². The molecule has 6 heteroatoms. The van der Waals surface area contributed by atoms with Gasteiger partial charge in [0.25, 0.3) is 5.91 Å². The Labute approximate surface area is 163 Å². The van der Waals surface area contributed by atoms with E-state index in [1.807, 2.05) is 19.1 Å². The zero-order valence-electron chi connectivity index (χ0n) is 14.2. The minimum Gasteiger partial charge on any atom is -0.346 e. The Morgan fingerprint density at radius 2 is 2.04 bits per heavy atom. The van der Waals surface area contributed by atoms with Crippen molar-refractivity contribution in [1.82, 2.24) is 10.2 Å². The first-order valence-corrected chi connectivity index (χ1v) is 10.0. The summed E-state index contributed by atoms with van der Waals surface area (Å²) in [6, 6.07) is 6.39. The van der Waals surface area contributed by atoms with Crippen LogP contribution in [0.1, 0.15) is 40.9 Å². The first-order chi connectivity index (χ1) is 11.6. The third-order valence-electron chi connectivity index (χ3n) is 6.31. The zero-order valence-corrected chi connectivity index (χ0v) is 16.6. The van der Waals surface area contributed by atoms with E-state index in [0.29, 0.717) is 12.0 Å². The van der Waals surface area contributed by atoms with Crippen LogP contribution >= 0.6 is 35.3 Å². The molecule has 3 aliphatic heterocycles. The summed E-state index contributed by atoms with van der Waals surface area (Å²) in [5, 5.41) is 5.24. The largest absolute Gasteiger partial charge is 0.346 e. The number of rotatable bonds is 2. The van der Waals surface area contributed by atoms with Gasteiger partial charge in [-0.05, 0) is 68.6 Å². The van der Waals surface area contributed by atoms with Gasteiger partial charge in [-0.1, -0.05) is 23.7 Å². The average Bonchev–Trinajstić information content (AvgIpc) is 3.24. The van der Waals surface area contributed by atoms with Crippen LogP contribution in [0.5, 0.6) is 0 Å². The number of hydrogen-bond acceptors (Lipinski definition) is 3. The summed E-state index contributed by atoms with van der Waals surface area (Å²) in [5.74, 6) is 0.733. The van der Waals surface area contributed by atoms with Gasteiger partial charge >= 0.3 is 0 Å². The Morgan fingerprint density at radius 1 is 1.32 bits per heavy atom. The van der Waals surface area contributed by atoms with E-state index in [1.165, 1.54) is 50.1 Å². The number of piperidine rings is 3. The van der Waals surface area contributed by atoms with Crippen LogP contribution in [0, 0.1) is 12.8 Å². The second-order valence-corrected chi connectivity index (χ2v) is 9.03. The number of carbonyl (C=O) groups excluding carboxylic acids is 1. The molecule has 1 aliphatic carbocycles. The summed E-state index contributed by atoms with van der Waals surface area (Å²) < 4.78 is 1.02. The van der Waals surface area contributed by atoms with Crippen LogP contribution < -0.4 is 5.32 Å². The summed E-state index contributed by atoms with van der Waals surface area (Å²) in [7, 11) is 0. The normalized spacial score (nSPS) is 28.8. The second kappa shape index (κ2) is 6.12. The maximum Gasteiger partial charge on any atom is 0.261 e. The van der Waals surface area contributed by atoms with E-state index in [1.54, 1.807) is 0 Å². The lowest BCUT2D eigenvalue weighted by atomic mass is 9.77. The van der Waals surface area contributed by atoms with Gasteiger partial charge in [0.1, 0.15) is 0 Å². The summed E-state index contributed by atoms with van der Waals surface area (Å²) in [4.78, 5) is 16.3. The van der Waals surface area contributed by atoms with Gasteiger partial charge in [0.05, 0.1) is 20.6 Å². The third kappa shape index (κ3) is 2.61. The average molecular weight is 397 g/mol. The number of aryl methyl sites for hydroxylation is 1. The Morgan fingerprint density at radius 3 is 2.72 bits per heavy atom. The molecule has 25 heavy (non-hydrogen) atoms. The summed E-state index contributed by atoms with van der Waals surface area (Å²) in [5.41, 5.74) is 1.34. The maximum atomic E-state index is 12.9. The van der Waals surface area contributed by atoms with E-state index in [4.69, 9.17) is 11.6 Å². The number of nitrogens with zero attached hydrogens (tertiary/aromatic N) is 1. The fourth-order valence-corrected chi connectivity index (χ4v) is 6.15. The van der Waals surface area contributed by atoms with E-state index in [9.17, 15) is 4.79 Å². The molecular weight excluding hydrogens is 375 g/mol. The maximum absolute atomic E-state index is 12.9. The molecule has 3 saturated heterocycles. The number of amides is 1. The van der Waals surface area contributed by atoms with Crippen molar-refractivity contribution in [1.29, 1.82) is 0 Å². The topological polar surface area (TPSA) is 32.3 Å². The standard InChI is InChI=1S/C19H21ClN2OS.ClH/c1-11-2-3-13-10-14(24-16(13)15(11)20)18(23)21-17-12-4-8-22(9-5-12)19(17)6-7-19;/h2-3,10,12,17H,4-9H2,1H3,(H,21,23);1H/t17-;/m1./s1. The van der Waals surface area contributed by atoms with E-state index in [-0.39, 0.29) is 23.9 Å². The summed E-state index contributed by atoms with van der Waals surface area (Å²) in [6.07, 6.45) is 4.94. The molecule has 1 N–H and O–H groups in total. The van der Waals surface area contributed by atoms with Crippen LogP contribution in [-0.4, -0.2) is 35.5 Å². The molecule has 6 rings (SSSR count). The minimum atomic E-state index is 0. The van der Waals surface area contributed by atoms with Gasteiger partial charge in [0, 0.05) is 5.54 Å². The highest BCUT2D eigenvalue weighted by Crippen LogP contribution is 2.53. The van der Waals surface area contributed by atoms with E-state index < -0.39 is 0 Å². The molecule has 4 fully saturated rings. The van der Waals surface area contributed by atoms with E-state index in [2.05, 4.69) is 16.3 Å². The molecule has 1 aromatic heterocycles. The summed E-state index contributed by atoms with van der Waals surface area (Å²) in [6.45, 7) is 4.44. The minimum absolute atomic E-state index is 0. The van der Waals surface area contributed by atoms with Crippen molar-refractivity contribution < 1.29 is 4.79 Å². The van der Waals surface area contributed by atoms with Crippen molar-refractivity contribution in [3.05, 3.63) is 33.7 Å². The Hall–Kier alpha value is -0.810. The Balaban J connectivity index is 0.00000157. The molecule has 0 unspecified atom stereocenters. The number of thiophene rings is 1. The van der Waals surface area contributed by atoms with Crippen LogP contribution in [-0.2, 0) is 0 Å². The first kappa shape index (κ1) is 17.6. The number of carbonyl (C=O) groups is 1. The molecule has 1 aromatic carbocycles. The van der Waals surface area contributed by atoms with Gasteiger partial charge in [-0.3, -0.25) is 9.69 Å². The second-order valence-electron chi connectivity index (χ2n) is 7.60. The molecule has 0 radical (unpaired) electrons. The van der Waals surface area contributed by atoms with Gasteiger partial charge in [-0.15, -0.1) is 23.7 Å². The van der Waals surface area contributed by atoms with Crippen LogP contribution in [0.3, 0.4) is 0 Å². The highest BCUT2D eigenvalue weighted by Gasteiger charge is 2.60. The number of benzene rings is 1. The monoisotopic (exact) mass is 396 g/mol. The molecule has 1 spiro atoms. The van der Waals surface area contributed by atoms with Gasteiger partial charge in [-0.25, -0.2) is 0 Å². The Kier molecular flexibility index (Phi) is 4.31. The fourth-order valence-electron chi connectivity index (χ4n) is 4.81. The number of hydrogen-bond donors (Lipinski definition) is 1. The number of nitrogens with one attached hydrogen (secondary N) is 1. The van der Waals surface area contributed by atoms with E-state index >= 15 is 0 Å². The molecule has 1 amide bonds. The van der Waals surface area contributed by atoms with Gasteiger partial charge in [0.15, 0.2) is 0 Å². The lowest BCUT2D eigenvalue weighted by molar-refractivity contribution is -0.00138. The predicted molar refractivity (Wildman–Crippen MR) is 106 cm³/mol. The molecule has 1 atom stereocenters. The van der Waals surface area contributed by atoms with Crippen molar-refractivity contribution in [2.75, 3.05) is 13.1 Å². The van der Waals surface area contributed by atoms with Gasteiger partial charge in [-0.2, -0.15) is 0 Å². The van der Waals surface area contributed by atoms with Gasteiger partial charge < -0.3 is 5.32 Å². The van der Waals surface area contributed by atoms with Crippen molar-refractivity contribution in [2.24, 2.45) is 5.92 Å². The highest BCUT2D eigenvalue weighted by atomic mass is 35.5. The number of halogens is 2. The molecule has 4 heterocycles. The predicted octanol–water partition coefficient (Wildman–Crippen LogP) is 4.64. The van der Waals surface area contributed by atoms with Crippen molar-refractivity contribution in [3.8, 4) is 0 Å².